The molecule has 2 aromatic rings. The van der Waals surface area contributed by atoms with E-state index in [0.29, 0.717) is 0 Å². The zero-order valence-corrected chi connectivity index (χ0v) is 11.8. The fourth-order valence-corrected chi connectivity index (χ4v) is 2.77. The molecule has 1 heterocycles. The Kier molecular flexibility index (Phi) is 3.85. The minimum absolute atomic E-state index is 0.0764. The maximum atomic E-state index is 13.4. The van der Waals surface area contributed by atoms with Gasteiger partial charge in [0.1, 0.15) is 5.82 Å². The Hall–Kier alpha value is -1.98. The van der Waals surface area contributed by atoms with Crippen molar-refractivity contribution in [2.45, 2.75) is 38.3 Å². The summed E-state index contributed by atoms with van der Waals surface area (Å²) in [5.74, 6) is -0.722. The van der Waals surface area contributed by atoms with Gasteiger partial charge >= 0.3 is 6.18 Å². The third kappa shape index (κ3) is 2.96. The molecule has 0 radical (unpaired) electrons. The van der Waals surface area contributed by atoms with Gasteiger partial charge in [0, 0.05) is 5.56 Å². The molecule has 0 fully saturated rings. The van der Waals surface area contributed by atoms with Crippen LogP contribution in [0, 0.1) is 5.82 Å². The normalized spacial score (nSPS) is 15.3. The van der Waals surface area contributed by atoms with E-state index in [-0.39, 0.29) is 11.3 Å². The molecule has 6 heteroatoms. The van der Waals surface area contributed by atoms with E-state index in [1.165, 1.54) is 0 Å². The summed E-state index contributed by atoms with van der Waals surface area (Å²) in [6.07, 6.45) is 0.0611. The Labute approximate surface area is 125 Å². The van der Waals surface area contributed by atoms with Crippen LogP contribution in [0.15, 0.2) is 24.3 Å². The topological polar surface area (TPSA) is 25.8 Å². The molecule has 0 saturated heterocycles. The Balaban J connectivity index is 2.11. The van der Waals surface area contributed by atoms with Crippen molar-refractivity contribution >= 4 is 0 Å². The van der Waals surface area contributed by atoms with E-state index >= 15 is 0 Å². The highest BCUT2D eigenvalue weighted by Gasteiger charge is 2.34. The highest BCUT2D eigenvalue weighted by molar-refractivity contribution is 5.65. The van der Waals surface area contributed by atoms with Crippen LogP contribution in [0.4, 0.5) is 17.6 Å². The molecule has 0 bridgehead atoms. The van der Waals surface area contributed by atoms with Gasteiger partial charge in [0.25, 0.3) is 0 Å². The van der Waals surface area contributed by atoms with E-state index in [9.17, 15) is 17.6 Å². The van der Waals surface area contributed by atoms with Gasteiger partial charge < -0.3 is 0 Å². The summed E-state index contributed by atoms with van der Waals surface area (Å²) in [4.78, 5) is 0. The van der Waals surface area contributed by atoms with Crippen LogP contribution in [0.25, 0.3) is 11.3 Å². The van der Waals surface area contributed by atoms with E-state index in [1.54, 1.807) is 6.07 Å². The number of hydrogen-bond acceptors (Lipinski definition) is 2. The first-order valence-corrected chi connectivity index (χ1v) is 7.18. The van der Waals surface area contributed by atoms with E-state index in [2.05, 4.69) is 10.2 Å². The Morgan fingerprint density at radius 1 is 0.909 bits per heavy atom. The van der Waals surface area contributed by atoms with Gasteiger partial charge in [0.2, 0.25) is 0 Å². The van der Waals surface area contributed by atoms with Gasteiger partial charge in [-0.15, -0.1) is 0 Å². The lowest BCUT2D eigenvalue weighted by Crippen LogP contribution is -2.09. The van der Waals surface area contributed by atoms with Crippen LogP contribution in [0.3, 0.4) is 0 Å². The van der Waals surface area contributed by atoms with E-state index in [0.717, 1.165) is 61.6 Å². The van der Waals surface area contributed by atoms with Crippen LogP contribution < -0.4 is 0 Å². The van der Waals surface area contributed by atoms with E-state index in [1.807, 2.05) is 0 Å². The molecule has 0 N–H and O–H groups in total. The van der Waals surface area contributed by atoms with Crippen LogP contribution in [0.5, 0.6) is 0 Å². The lowest BCUT2D eigenvalue weighted by Gasteiger charge is -2.13. The molecule has 1 aliphatic carbocycles. The first kappa shape index (κ1) is 14.9. The van der Waals surface area contributed by atoms with Gasteiger partial charge in [-0.1, -0.05) is 6.42 Å². The van der Waals surface area contributed by atoms with Crippen LogP contribution in [-0.2, 0) is 19.0 Å². The average Bonchev–Trinajstić information content (AvgIpc) is 2.70. The zero-order chi connectivity index (χ0) is 15.7. The van der Waals surface area contributed by atoms with Gasteiger partial charge in [-0.25, -0.2) is 4.39 Å². The molecule has 0 spiro atoms. The molecule has 1 aromatic carbocycles. The fraction of sp³-hybridized carbons (Fsp3) is 0.375. The minimum Gasteiger partial charge on any atom is -0.207 e. The van der Waals surface area contributed by atoms with Gasteiger partial charge in [-0.05, 0) is 55.5 Å². The van der Waals surface area contributed by atoms with Crippen LogP contribution >= 0.6 is 0 Å². The third-order valence-corrected chi connectivity index (χ3v) is 3.88. The SMILES string of the molecule is Fc1ccc(C(F)(F)F)c(-c2cc3c(nn2)CCCCC3)c1. The molecule has 1 aromatic heterocycles. The number of halogens is 4. The maximum absolute atomic E-state index is 13.4. The Bertz CT molecular complexity index is 695. The number of rotatable bonds is 1. The van der Waals surface area contributed by atoms with Crippen molar-refractivity contribution < 1.29 is 17.6 Å². The highest BCUT2D eigenvalue weighted by Crippen LogP contribution is 2.37. The van der Waals surface area contributed by atoms with Crippen LogP contribution in [0.1, 0.15) is 36.1 Å². The quantitative estimate of drug-likeness (QED) is 0.569. The first-order valence-electron chi connectivity index (χ1n) is 7.18. The number of aromatic nitrogens is 2. The summed E-state index contributed by atoms with van der Waals surface area (Å²) in [5.41, 5.74) is 0.683. The van der Waals surface area contributed by atoms with Crippen molar-refractivity contribution in [2.24, 2.45) is 0 Å². The molecule has 0 aliphatic heterocycles. The number of fused-ring (bicyclic) bond motifs is 1. The molecular weight excluding hydrogens is 296 g/mol. The number of aryl methyl sites for hydroxylation is 2. The van der Waals surface area contributed by atoms with Crippen molar-refractivity contribution in [3.8, 4) is 11.3 Å². The summed E-state index contributed by atoms with van der Waals surface area (Å²) in [7, 11) is 0. The molecule has 2 nitrogen and oxygen atoms in total. The molecule has 22 heavy (non-hydrogen) atoms. The maximum Gasteiger partial charge on any atom is 0.417 e. The molecule has 0 saturated carbocycles. The molecule has 0 amide bonds. The van der Waals surface area contributed by atoms with Crippen molar-refractivity contribution in [3.05, 3.63) is 46.9 Å². The summed E-state index contributed by atoms with van der Waals surface area (Å²) >= 11 is 0. The predicted octanol–water partition coefficient (Wildman–Crippen LogP) is 4.57. The number of hydrogen-bond donors (Lipinski definition) is 0. The second kappa shape index (κ2) is 5.66. The van der Waals surface area contributed by atoms with Crippen molar-refractivity contribution in [2.75, 3.05) is 0 Å². The van der Waals surface area contributed by atoms with Crippen molar-refractivity contribution in [1.82, 2.24) is 10.2 Å². The third-order valence-electron chi connectivity index (χ3n) is 3.88. The van der Waals surface area contributed by atoms with Crippen LogP contribution in [-0.4, -0.2) is 10.2 Å². The van der Waals surface area contributed by atoms with Gasteiger partial charge in [0.05, 0.1) is 17.0 Å². The summed E-state index contributed by atoms with van der Waals surface area (Å²) in [6, 6.07) is 4.05. The molecule has 1 aliphatic rings. The average molecular weight is 310 g/mol. The zero-order valence-electron chi connectivity index (χ0n) is 11.8. The predicted molar refractivity (Wildman–Crippen MR) is 73.7 cm³/mol. The molecule has 0 atom stereocenters. The monoisotopic (exact) mass is 310 g/mol. The van der Waals surface area contributed by atoms with Gasteiger partial charge in [-0.3, -0.25) is 0 Å². The van der Waals surface area contributed by atoms with Crippen molar-refractivity contribution in [3.63, 3.8) is 0 Å². The number of alkyl halides is 3. The second-order valence-electron chi connectivity index (χ2n) is 5.45. The van der Waals surface area contributed by atoms with Crippen LogP contribution in [0.2, 0.25) is 0 Å². The van der Waals surface area contributed by atoms with E-state index < -0.39 is 17.6 Å². The summed E-state index contributed by atoms with van der Waals surface area (Å²) < 4.78 is 52.7. The number of benzene rings is 1. The van der Waals surface area contributed by atoms with E-state index in [4.69, 9.17) is 0 Å². The molecule has 116 valence electrons. The molecule has 3 rings (SSSR count). The Morgan fingerprint density at radius 3 is 2.45 bits per heavy atom. The number of nitrogens with zero attached hydrogens (tertiary/aromatic N) is 2. The molecule has 0 unspecified atom stereocenters. The largest absolute Gasteiger partial charge is 0.417 e. The fourth-order valence-electron chi connectivity index (χ4n) is 2.77. The van der Waals surface area contributed by atoms with Crippen molar-refractivity contribution in [1.29, 1.82) is 0 Å². The lowest BCUT2D eigenvalue weighted by atomic mass is 10.0. The smallest absolute Gasteiger partial charge is 0.207 e. The lowest BCUT2D eigenvalue weighted by molar-refractivity contribution is -0.137. The summed E-state index contributed by atoms with van der Waals surface area (Å²) in [5, 5.41) is 7.97. The van der Waals surface area contributed by atoms with Gasteiger partial charge in [0.15, 0.2) is 0 Å². The molecular formula is C16H14F4N2. The minimum atomic E-state index is -4.56. The standard InChI is InChI=1S/C16H14F4N2/c17-11-6-7-13(16(18,19)20)12(9-11)15-8-10-4-2-1-3-5-14(10)21-22-15/h6-9H,1-5H2. The summed E-state index contributed by atoms with van der Waals surface area (Å²) in [6.45, 7) is 0. The van der Waals surface area contributed by atoms with Gasteiger partial charge in [-0.2, -0.15) is 23.4 Å². The second-order valence-corrected chi connectivity index (χ2v) is 5.45. The highest BCUT2D eigenvalue weighted by atomic mass is 19.4. The first-order chi connectivity index (χ1) is 10.4. The Morgan fingerprint density at radius 2 is 1.68 bits per heavy atom.